The van der Waals surface area contributed by atoms with Crippen molar-refractivity contribution < 1.29 is 13.2 Å². The van der Waals surface area contributed by atoms with E-state index in [1.54, 1.807) is 7.05 Å². The van der Waals surface area contributed by atoms with Gasteiger partial charge >= 0.3 is 6.18 Å². The molecule has 0 bridgehead atoms. The summed E-state index contributed by atoms with van der Waals surface area (Å²) in [4.78, 5) is 3.42. The standard InChI is InChI=1S/C11H15F3N2/c1-10(2,15-3)7-8-5-4-6-16-9(8)11(12,13)14/h4-6,15H,7H2,1-3H3. The molecular formula is C11H15F3N2. The molecule has 0 radical (unpaired) electrons. The van der Waals surface area contributed by atoms with Crippen LogP contribution in [0.4, 0.5) is 13.2 Å². The molecule has 1 heterocycles. The molecule has 1 N–H and O–H groups in total. The van der Waals surface area contributed by atoms with Crippen LogP contribution in [0.25, 0.3) is 0 Å². The van der Waals surface area contributed by atoms with Gasteiger partial charge in [0.15, 0.2) is 0 Å². The van der Waals surface area contributed by atoms with Crippen molar-refractivity contribution >= 4 is 0 Å². The summed E-state index contributed by atoms with van der Waals surface area (Å²) in [6, 6.07) is 2.99. The average Bonchev–Trinajstić information content (AvgIpc) is 2.16. The van der Waals surface area contributed by atoms with Crippen molar-refractivity contribution in [3.8, 4) is 0 Å². The van der Waals surface area contributed by atoms with Gasteiger partial charge in [-0.15, -0.1) is 0 Å². The van der Waals surface area contributed by atoms with Gasteiger partial charge in [0.2, 0.25) is 0 Å². The summed E-state index contributed by atoms with van der Waals surface area (Å²) >= 11 is 0. The van der Waals surface area contributed by atoms with Crippen molar-refractivity contribution in [2.45, 2.75) is 32.0 Å². The first-order chi connectivity index (χ1) is 7.26. The number of likely N-dealkylation sites (N-methyl/N-ethyl adjacent to an activating group) is 1. The van der Waals surface area contributed by atoms with Gasteiger partial charge < -0.3 is 5.32 Å². The highest BCUT2D eigenvalue weighted by molar-refractivity contribution is 5.24. The van der Waals surface area contributed by atoms with E-state index in [4.69, 9.17) is 0 Å². The van der Waals surface area contributed by atoms with Gasteiger partial charge in [0.25, 0.3) is 0 Å². The number of nitrogens with one attached hydrogen (secondary N) is 1. The topological polar surface area (TPSA) is 24.9 Å². The maximum atomic E-state index is 12.6. The lowest BCUT2D eigenvalue weighted by Crippen LogP contribution is -2.39. The van der Waals surface area contributed by atoms with E-state index in [9.17, 15) is 13.2 Å². The van der Waals surface area contributed by atoms with Crippen molar-refractivity contribution in [3.63, 3.8) is 0 Å². The molecule has 5 heteroatoms. The minimum absolute atomic E-state index is 0.217. The number of halogens is 3. The number of hydrogen-bond acceptors (Lipinski definition) is 2. The van der Waals surface area contributed by atoms with Crippen molar-refractivity contribution in [2.24, 2.45) is 0 Å². The van der Waals surface area contributed by atoms with Crippen LogP contribution in [0.15, 0.2) is 18.3 Å². The van der Waals surface area contributed by atoms with E-state index in [0.717, 1.165) is 0 Å². The third-order valence-electron chi connectivity index (χ3n) is 2.47. The third-order valence-corrected chi connectivity index (χ3v) is 2.47. The van der Waals surface area contributed by atoms with Crippen molar-refractivity contribution in [3.05, 3.63) is 29.6 Å². The monoisotopic (exact) mass is 232 g/mol. The number of nitrogens with zero attached hydrogens (tertiary/aromatic N) is 1. The number of hydrogen-bond donors (Lipinski definition) is 1. The molecule has 0 atom stereocenters. The summed E-state index contributed by atoms with van der Waals surface area (Å²) in [5.41, 5.74) is -0.962. The summed E-state index contributed by atoms with van der Waals surface area (Å²) in [5.74, 6) is 0. The van der Waals surface area contributed by atoms with Gasteiger partial charge in [-0.05, 0) is 38.9 Å². The zero-order valence-electron chi connectivity index (χ0n) is 9.52. The first kappa shape index (κ1) is 13.0. The second kappa shape index (κ2) is 4.41. The Morgan fingerprint density at radius 1 is 1.31 bits per heavy atom. The highest BCUT2D eigenvalue weighted by atomic mass is 19.4. The minimum atomic E-state index is -4.39. The van der Waals surface area contributed by atoms with Crippen LogP contribution < -0.4 is 5.32 Å². The van der Waals surface area contributed by atoms with Crippen LogP contribution in [0, 0.1) is 0 Å². The van der Waals surface area contributed by atoms with E-state index < -0.39 is 11.9 Å². The van der Waals surface area contributed by atoms with Crippen molar-refractivity contribution in [2.75, 3.05) is 7.05 Å². The predicted octanol–water partition coefficient (Wildman–Crippen LogP) is 2.64. The van der Waals surface area contributed by atoms with Crippen LogP contribution >= 0.6 is 0 Å². The Morgan fingerprint density at radius 3 is 2.44 bits per heavy atom. The van der Waals surface area contributed by atoms with E-state index in [1.165, 1.54) is 18.3 Å². The minimum Gasteiger partial charge on any atom is -0.314 e. The zero-order chi connectivity index (χ0) is 12.4. The van der Waals surface area contributed by atoms with Crippen LogP contribution in [0.1, 0.15) is 25.1 Å². The number of rotatable bonds is 3. The summed E-state index contributed by atoms with van der Waals surface area (Å²) in [6.07, 6.45) is -2.94. The quantitative estimate of drug-likeness (QED) is 0.866. The molecule has 0 aliphatic rings. The van der Waals surface area contributed by atoms with E-state index in [2.05, 4.69) is 10.3 Å². The van der Waals surface area contributed by atoms with E-state index in [0.29, 0.717) is 0 Å². The Bertz CT molecular complexity index is 358. The van der Waals surface area contributed by atoms with Gasteiger partial charge in [-0.2, -0.15) is 13.2 Å². The second-order valence-electron chi connectivity index (χ2n) is 4.32. The summed E-state index contributed by atoms with van der Waals surface area (Å²) in [5, 5.41) is 2.97. The normalized spacial score (nSPS) is 12.9. The first-order valence-electron chi connectivity index (χ1n) is 4.96. The highest BCUT2D eigenvalue weighted by Crippen LogP contribution is 2.31. The molecule has 1 rings (SSSR count). The lowest BCUT2D eigenvalue weighted by atomic mass is 9.94. The third kappa shape index (κ3) is 3.20. The molecule has 90 valence electrons. The van der Waals surface area contributed by atoms with Crippen molar-refractivity contribution in [1.29, 1.82) is 0 Å². The SMILES string of the molecule is CNC(C)(C)Cc1cccnc1C(F)(F)F. The van der Waals surface area contributed by atoms with Gasteiger partial charge in [-0.1, -0.05) is 6.07 Å². The van der Waals surface area contributed by atoms with Gasteiger partial charge in [0, 0.05) is 11.7 Å². The molecule has 2 nitrogen and oxygen atoms in total. The first-order valence-corrected chi connectivity index (χ1v) is 4.96. The van der Waals surface area contributed by atoms with E-state index in [1.807, 2.05) is 13.8 Å². The highest BCUT2D eigenvalue weighted by Gasteiger charge is 2.36. The summed E-state index contributed by atoms with van der Waals surface area (Å²) in [7, 11) is 1.73. The average molecular weight is 232 g/mol. The van der Waals surface area contributed by atoms with Gasteiger partial charge in [0.1, 0.15) is 5.69 Å². The largest absolute Gasteiger partial charge is 0.433 e. The molecule has 0 fully saturated rings. The molecule has 16 heavy (non-hydrogen) atoms. The molecule has 0 saturated heterocycles. The fraction of sp³-hybridized carbons (Fsp3) is 0.545. The molecule has 0 aliphatic carbocycles. The molecule has 0 saturated carbocycles. The molecule has 1 aromatic heterocycles. The van der Waals surface area contributed by atoms with Crippen LogP contribution in [-0.2, 0) is 12.6 Å². The van der Waals surface area contributed by atoms with Gasteiger partial charge in [-0.3, -0.25) is 4.98 Å². The number of aromatic nitrogens is 1. The fourth-order valence-electron chi connectivity index (χ4n) is 1.40. The molecule has 0 spiro atoms. The molecule has 0 amide bonds. The summed E-state index contributed by atoms with van der Waals surface area (Å²) < 4.78 is 37.9. The Balaban J connectivity index is 3.06. The molecule has 0 aromatic carbocycles. The molecule has 1 aromatic rings. The number of pyridine rings is 1. The fourth-order valence-corrected chi connectivity index (χ4v) is 1.40. The predicted molar refractivity (Wildman–Crippen MR) is 56.1 cm³/mol. The Labute approximate surface area is 92.9 Å². The second-order valence-corrected chi connectivity index (χ2v) is 4.32. The lowest BCUT2D eigenvalue weighted by molar-refractivity contribution is -0.141. The van der Waals surface area contributed by atoms with E-state index >= 15 is 0 Å². The molecular weight excluding hydrogens is 217 g/mol. The Kier molecular flexibility index (Phi) is 3.57. The molecule has 0 unspecified atom stereocenters. The smallest absolute Gasteiger partial charge is 0.314 e. The maximum Gasteiger partial charge on any atom is 0.433 e. The van der Waals surface area contributed by atoms with Crippen molar-refractivity contribution in [1.82, 2.24) is 10.3 Å². The van der Waals surface area contributed by atoms with Crippen LogP contribution in [0.5, 0.6) is 0 Å². The van der Waals surface area contributed by atoms with Crippen LogP contribution in [0.2, 0.25) is 0 Å². The van der Waals surface area contributed by atoms with E-state index in [-0.39, 0.29) is 17.5 Å². The van der Waals surface area contributed by atoms with Gasteiger partial charge in [0.05, 0.1) is 0 Å². The van der Waals surface area contributed by atoms with Gasteiger partial charge in [-0.25, -0.2) is 0 Å². The lowest BCUT2D eigenvalue weighted by Gasteiger charge is -2.25. The Morgan fingerprint density at radius 2 is 1.94 bits per heavy atom. The summed E-state index contributed by atoms with van der Waals surface area (Å²) in [6.45, 7) is 3.69. The Hall–Kier alpha value is -1.10. The number of alkyl halides is 3. The maximum absolute atomic E-state index is 12.6. The van der Waals surface area contributed by atoms with Crippen LogP contribution in [0.3, 0.4) is 0 Å². The van der Waals surface area contributed by atoms with Crippen LogP contribution in [-0.4, -0.2) is 17.6 Å². The zero-order valence-corrected chi connectivity index (χ0v) is 9.52. The molecule has 0 aliphatic heterocycles.